The lowest BCUT2D eigenvalue weighted by atomic mass is 10.1. The molecule has 1 radical (unpaired) electrons. The Kier molecular flexibility index (Phi) is 2.54. The summed E-state index contributed by atoms with van der Waals surface area (Å²) in [5, 5.41) is 0. The highest BCUT2D eigenvalue weighted by Gasteiger charge is 2.48. The third-order valence-electron chi connectivity index (χ3n) is 3.17. The summed E-state index contributed by atoms with van der Waals surface area (Å²) in [6.45, 7) is 2.07. The predicted octanol–water partition coefficient (Wildman–Crippen LogP) is 1.51. The average Bonchev–Trinajstić information content (AvgIpc) is 2.72. The van der Waals surface area contributed by atoms with Crippen LogP contribution in [-0.4, -0.2) is 13.1 Å². The molecule has 2 rings (SSSR count). The molecule has 0 aromatic carbocycles. The Hall–Kier alpha value is -0.970. The van der Waals surface area contributed by atoms with E-state index in [1.165, 1.54) is 19.3 Å². The van der Waals surface area contributed by atoms with E-state index in [1.54, 1.807) is 0 Å². The molecule has 0 aromatic heterocycles. The van der Waals surface area contributed by atoms with Crippen LogP contribution in [0.15, 0.2) is 0 Å². The lowest BCUT2D eigenvalue weighted by Crippen LogP contribution is -1.96. The van der Waals surface area contributed by atoms with Gasteiger partial charge >= 0.3 is 6.47 Å². The number of hydrogen-bond donors (Lipinski definition) is 0. The minimum absolute atomic E-state index is 0.568. The van der Waals surface area contributed by atoms with Gasteiger partial charge in [-0.25, -0.2) is 4.79 Å². The zero-order chi connectivity index (χ0) is 9.10. The van der Waals surface area contributed by atoms with Gasteiger partial charge in [-0.3, -0.25) is 0 Å². The van der Waals surface area contributed by atoms with Gasteiger partial charge < -0.3 is 4.74 Å². The van der Waals surface area contributed by atoms with E-state index >= 15 is 0 Å². The lowest BCUT2D eigenvalue weighted by molar-refractivity contribution is 0.252. The van der Waals surface area contributed by atoms with Gasteiger partial charge in [0.25, 0.3) is 0 Å². The molecular weight excluding hydrogens is 164 g/mol. The summed E-state index contributed by atoms with van der Waals surface area (Å²) < 4.78 is 4.68. The fourth-order valence-electron chi connectivity index (χ4n) is 2.41. The van der Waals surface area contributed by atoms with Gasteiger partial charge in [0, 0.05) is 12.8 Å². The van der Waals surface area contributed by atoms with E-state index in [1.807, 2.05) is 0 Å². The average molecular weight is 177 g/mol. The molecule has 1 fully saturated rings. The molecule has 0 unspecified atom stereocenters. The molecule has 3 atom stereocenters. The van der Waals surface area contributed by atoms with Crippen molar-refractivity contribution in [3.8, 4) is 11.8 Å². The molecule has 0 heterocycles. The predicted molar refractivity (Wildman–Crippen MR) is 48.4 cm³/mol. The van der Waals surface area contributed by atoms with Crippen molar-refractivity contribution in [2.75, 3.05) is 6.61 Å². The van der Waals surface area contributed by atoms with E-state index in [9.17, 15) is 4.79 Å². The van der Waals surface area contributed by atoms with E-state index in [0.29, 0.717) is 12.5 Å². The van der Waals surface area contributed by atoms with Crippen LogP contribution < -0.4 is 0 Å². The number of ether oxygens (including phenoxy) is 1. The van der Waals surface area contributed by atoms with Crippen LogP contribution >= 0.6 is 0 Å². The first-order chi connectivity index (χ1) is 6.43. The molecule has 0 N–H and O–H groups in total. The van der Waals surface area contributed by atoms with E-state index in [4.69, 9.17) is 0 Å². The zero-order valence-corrected chi connectivity index (χ0v) is 7.58. The fraction of sp³-hybridized carbons (Fsp3) is 0.727. The van der Waals surface area contributed by atoms with Gasteiger partial charge in [-0.2, -0.15) is 0 Å². The molecule has 0 bridgehead atoms. The van der Waals surface area contributed by atoms with Gasteiger partial charge in [-0.15, -0.1) is 11.8 Å². The number of hydrogen-bond acceptors (Lipinski definition) is 2. The van der Waals surface area contributed by atoms with E-state index < -0.39 is 0 Å². The van der Waals surface area contributed by atoms with Crippen molar-refractivity contribution < 1.29 is 9.53 Å². The minimum Gasteiger partial charge on any atom is -0.457 e. The Balaban J connectivity index is 1.82. The van der Waals surface area contributed by atoms with Gasteiger partial charge in [0.05, 0.1) is 6.61 Å². The molecule has 0 spiro atoms. The van der Waals surface area contributed by atoms with E-state index in [-0.39, 0.29) is 0 Å². The fourth-order valence-corrected chi connectivity index (χ4v) is 2.41. The van der Waals surface area contributed by atoms with Crippen LogP contribution in [0, 0.1) is 29.6 Å². The quantitative estimate of drug-likeness (QED) is 0.611. The van der Waals surface area contributed by atoms with Gasteiger partial charge in [0.2, 0.25) is 0 Å². The van der Waals surface area contributed by atoms with Crippen molar-refractivity contribution in [2.45, 2.75) is 25.7 Å². The summed E-state index contributed by atoms with van der Waals surface area (Å²) in [6.07, 6.45) is 4.40. The second-order valence-electron chi connectivity index (χ2n) is 3.82. The number of fused-ring (bicyclic) bond motifs is 1. The van der Waals surface area contributed by atoms with Crippen molar-refractivity contribution in [2.24, 2.45) is 17.8 Å². The van der Waals surface area contributed by atoms with Gasteiger partial charge in [0.15, 0.2) is 0 Å². The Labute approximate surface area is 78.7 Å². The molecule has 2 heteroatoms. The highest BCUT2D eigenvalue weighted by atomic mass is 16.5. The first-order valence-electron chi connectivity index (χ1n) is 4.88. The normalized spacial score (nSPS) is 35.8. The van der Waals surface area contributed by atoms with Crippen molar-refractivity contribution in [1.29, 1.82) is 0 Å². The summed E-state index contributed by atoms with van der Waals surface area (Å²) in [6, 6.07) is 0. The molecule has 2 nitrogen and oxygen atoms in total. The van der Waals surface area contributed by atoms with Crippen LogP contribution in [0.2, 0.25) is 0 Å². The maximum Gasteiger partial charge on any atom is 0.417 e. The smallest absolute Gasteiger partial charge is 0.417 e. The third kappa shape index (κ3) is 1.85. The highest BCUT2D eigenvalue weighted by Crippen LogP contribution is 2.52. The third-order valence-corrected chi connectivity index (χ3v) is 3.17. The van der Waals surface area contributed by atoms with Crippen LogP contribution in [0.25, 0.3) is 0 Å². The van der Waals surface area contributed by atoms with Crippen LogP contribution in [0.1, 0.15) is 25.7 Å². The monoisotopic (exact) mass is 177 g/mol. The molecule has 13 heavy (non-hydrogen) atoms. The number of rotatable bonds is 3. The molecule has 0 aromatic rings. The Morgan fingerprint density at radius 3 is 2.38 bits per heavy atom. The lowest BCUT2D eigenvalue weighted by Gasteiger charge is -1.96. The van der Waals surface area contributed by atoms with Gasteiger partial charge in [0.1, 0.15) is 0 Å². The summed E-state index contributed by atoms with van der Waals surface area (Å²) >= 11 is 0. The van der Waals surface area contributed by atoms with Crippen molar-refractivity contribution in [1.82, 2.24) is 0 Å². The standard InChI is InChI=1S/C11H13O2/c12-8-13-7-11-9-5-3-1-2-4-6-10(9)11/h9-11H,3-7H2/t9-,10+,11-. The molecule has 0 saturated heterocycles. The first-order valence-corrected chi connectivity index (χ1v) is 4.88. The molecule has 2 aliphatic rings. The zero-order valence-electron chi connectivity index (χ0n) is 7.58. The summed E-state index contributed by atoms with van der Waals surface area (Å²) in [7, 11) is 0. The van der Waals surface area contributed by atoms with Crippen LogP contribution in [-0.2, 0) is 9.53 Å². The van der Waals surface area contributed by atoms with Crippen LogP contribution in [0.3, 0.4) is 0 Å². The number of carbonyl (C=O) groups excluding carboxylic acids is 1. The second-order valence-corrected chi connectivity index (χ2v) is 3.82. The van der Waals surface area contributed by atoms with Gasteiger partial charge in [-0.1, -0.05) is 0 Å². The molecule has 69 valence electrons. The van der Waals surface area contributed by atoms with Crippen molar-refractivity contribution >= 4 is 6.47 Å². The molecular formula is C11H13O2. The van der Waals surface area contributed by atoms with Crippen LogP contribution in [0.5, 0.6) is 0 Å². The SMILES string of the molecule is O=[C]OC[C@@H]1[C@@H]2CCC#CCC[C@@H]21. The topological polar surface area (TPSA) is 26.3 Å². The maximum atomic E-state index is 9.91. The Morgan fingerprint density at radius 1 is 1.23 bits per heavy atom. The summed E-state index contributed by atoms with van der Waals surface area (Å²) in [5.41, 5.74) is 0. The highest BCUT2D eigenvalue weighted by molar-refractivity contribution is 5.38. The molecule has 0 aliphatic heterocycles. The summed E-state index contributed by atoms with van der Waals surface area (Å²) in [4.78, 5) is 9.91. The maximum absolute atomic E-state index is 9.91. The second kappa shape index (κ2) is 3.83. The van der Waals surface area contributed by atoms with Gasteiger partial charge in [-0.05, 0) is 30.6 Å². The Bertz CT molecular complexity index is 231. The van der Waals surface area contributed by atoms with Crippen LogP contribution in [0.4, 0.5) is 0 Å². The molecule has 0 amide bonds. The first kappa shape index (κ1) is 8.62. The minimum atomic E-state index is 0.568. The van der Waals surface area contributed by atoms with Crippen molar-refractivity contribution in [3.05, 3.63) is 0 Å². The molecule has 1 saturated carbocycles. The largest absolute Gasteiger partial charge is 0.457 e. The van der Waals surface area contributed by atoms with E-state index in [2.05, 4.69) is 16.6 Å². The van der Waals surface area contributed by atoms with Crippen molar-refractivity contribution in [3.63, 3.8) is 0 Å². The summed E-state index contributed by atoms with van der Waals surface area (Å²) in [5.74, 6) is 8.44. The molecule has 2 aliphatic carbocycles. The Morgan fingerprint density at radius 2 is 1.85 bits per heavy atom. The van der Waals surface area contributed by atoms with E-state index in [0.717, 1.165) is 24.7 Å².